The molecule has 3 nitrogen and oxygen atoms in total. The summed E-state index contributed by atoms with van der Waals surface area (Å²) in [5, 5.41) is 23.6. The molecular formula is C14H28F3GeO3Zr-. The smallest absolute Gasteiger partial charge is 0 e. The molecule has 1 rings (SSSR count). The summed E-state index contributed by atoms with van der Waals surface area (Å²) in [7, 11) is 0. The van der Waals surface area contributed by atoms with Crippen molar-refractivity contribution in [1.29, 1.82) is 0 Å². The molecule has 0 unspecified atom stereocenters. The van der Waals surface area contributed by atoms with Gasteiger partial charge >= 0.3 is 53.8 Å². The molecular weight excluding hydrogens is 437 g/mol. The minimum Gasteiger partial charge on any atom is 0 e. The molecule has 0 saturated carbocycles. The van der Waals surface area contributed by atoms with E-state index in [0.717, 1.165) is 31.4 Å². The second kappa shape index (κ2) is 23.7. The molecule has 22 heavy (non-hydrogen) atoms. The van der Waals surface area contributed by atoms with Crippen LogP contribution < -0.4 is 4.40 Å². The summed E-state index contributed by atoms with van der Waals surface area (Å²) in [6.07, 6.45) is 2.62. The fourth-order valence-corrected chi connectivity index (χ4v) is 1.76. The summed E-state index contributed by atoms with van der Waals surface area (Å²) >= 11 is -5.94. The Bertz CT molecular complexity index is 255. The number of halogens is 3. The van der Waals surface area contributed by atoms with Gasteiger partial charge in [-0.05, 0) is 19.3 Å². The molecule has 3 N–H and O–H groups in total. The van der Waals surface area contributed by atoms with Gasteiger partial charge in [0.2, 0.25) is 0 Å². The Morgan fingerprint density at radius 2 is 1.00 bits per heavy atom. The monoisotopic (exact) mass is 465 g/mol. The van der Waals surface area contributed by atoms with Crippen LogP contribution >= 0.6 is 0 Å². The van der Waals surface area contributed by atoms with Gasteiger partial charge in [-0.1, -0.05) is 20.8 Å². The van der Waals surface area contributed by atoms with E-state index in [1.165, 1.54) is 12.1 Å². The van der Waals surface area contributed by atoms with Gasteiger partial charge < -0.3 is 15.3 Å². The van der Waals surface area contributed by atoms with Gasteiger partial charge in [0.15, 0.2) is 0 Å². The van der Waals surface area contributed by atoms with Crippen molar-refractivity contribution in [2.75, 3.05) is 19.8 Å². The molecule has 0 aliphatic rings. The maximum atomic E-state index is 11.8. The first-order valence-electron chi connectivity index (χ1n) is 6.96. The molecule has 0 fully saturated rings. The van der Waals surface area contributed by atoms with E-state index in [4.69, 9.17) is 15.3 Å². The van der Waals surface area contributed by atoms with Crippen molar-refractivity contribution < 1.29 is 52.0 Å². The molecule has 0 aliphatic carbocycles. The topological polar surface area (TPSA) is 60.7 Å². The summed E-state index contributed by atoms with van der Waals surface area (Å²) in [6.45, 7) is 6.75. The van der Waals surface area contributed by atoms with Crippen LogP contribution in [-0.4, -0.2) is 49.8 Å². The largest absolute Gasteiger partial charge is 0 e. The Morgan fingerprint density at radius 1 is 0.773 bits per heavy atom. The number of aliphatic hydroxyl groups is 3. The molecule has 0 aliphatic heterocycles. The Balaban J connectivity index is -0.000000107. The Hall–Kier alpha value is 0.446. The molecule has 0 atom stereocenters. The molecule has 132 valence electrons. The second-order valence-corrected chi connectivity index (χ2v) is 7.14. The van der Waals surface area contributed by atoms with Crippen LogP contribution in [0, 0.1) is 0 Å². The van der Waals surface area contributed by atoms with Gasteiger partial charge in [-0.3, -0.25) is 0 Å². The third kappa shape index (κ3) is 28.6. The molecule has 0 amide bonds. The summed E-state index contributed by atoms with van der Waals surface area (Å²) < 4.78 is 35.0. The summed E-state index contributed by atoms with van der Waals surface area (Å²) in [5.74, 6) is 0. The molecule has 1 aromatic rings. The average Bonchev–Trinajstić information content (AvgIpc) is 3.02. The van der Waals surface area contributed by atoms with E-state index in [1.54, 1.807) is 0 Å². The third-order valence-corrected chi connectivity index (χ3v) is 3.73. The minimum atomic E-state index is -5.94. The first-order valence-corrected chi connectivity index (χ1v) is 10.4. The fraction of sp³-hybridized carbons (Fsp3) is 0.643. The van der Waals surface area contributed by atoms with Crippen molar-refractivity contribution >= 4 is 19.1 Å². The predicted molar refractivity (Wildman–Crippen MR) is 82.9 cm³/mol. The summed E-state index contributed by atoms with van der Waals surface area (Å²) in [6, 6.07) is 5.07. The van der Waals surface area contributed by atoms with Gasteiger partial charge in [0.25, 0.3) is 0 Å². The number of aliphatic hydroxyl groups excluding tert-OH is 3. The van der Waals surface area contributed by atoms with Crippen LogP contribution in [0.15, 0.2) is 24.3 Å². The van der Waals surface area contributed by atoms with Crippen molar-refractivity contribution in [2.45, 2.75) is 40.0 Å². The van der Waals surface area contributed by atoms with Crippen molar-refractivity contribution in [3.63, 3.8) is 0 Å². The molecule has 8 heteroatoms. The van der Waals surface area contributed by atoms with Gasteiger partial charge in [-0.15, -0.1) is 0 Å². The van der Waals surface area contributed by atoms with E-state index in [1.807, 2.05) is 20.8 Å². The van der Waals surface area contributed by atoms with Crippen LogP contribution in [-0.2, 0) is 26.2 Å². The fourth-order valence-electron chi connectivity index (χ4n) is 0.563. The first-order chi connectivity index (χ1) is 9.85. The average molecular weight is 465 g/mol. The summed E-state index contributed by atoms with van der Waals surface area (Å²) in [4.78, 5) is 0. The van der Waals surface area contributed by atoms with Gasteiger partial charge in [0, 0.05) is 46.0 Å². The zero-order valence-electron chi connectivity index (χ0n) is 13.5. The van der Waals surface area contributed by atoms with E-state index in [2.05, 4.69) is 0 Å². The van der Waals surface area contributed by atoms with E-state index >= 15 is 0 Å². The molecule has 0 radical (unpaired) electrons. The number of hydrogen-bond acceptors (Lipinski definition) is 3. The van der Waals surface area contributed by atoms with Crippen molar-refractivity contribution in [3.05, 3.63) is 24.3 Å². The van der Waals surface area contributed by atoms with Crippen molar-refractivity contribution in [3.8, 4) is 0 Å². The van der Waals surface area contributed by atoms with Crippen molar-refractivity contribution in [2.24, 2.45) is 0 Å². The summed E-state index contributed by atoms with van der Waals surface area (Å²) in [5.41, 5.74) is 0. The maximum Gasteiger partial charge on any atom is 0 e. The van der Waals surface area contributed by atoms with Crippen molar-refractivity contribution in [1.82, 2.24) is 0 Å². The van der Waals surface area contributed by atoms with E-state index in [9.17, 15) is 10.5 Å². The van der Waals surface area contributed by atoms with Gasteiger partial charge in [-0.2, -0.15) is 0 Å². The van der Waals surface area contributed by atoms with E-state index in [-0.39, 0.29) is 26.2 Å². The first kappa shape index (κ1) is 30.3. The molecule has 0 aromatic heterocycles. The third-order valence-electron chi connectivity index (χ3n) is 1.66. The molecule has 1 aromatic carbocycles. The van der Waals surface area contributed by atoms with Gasteiger partial charge in [0.1, 0.15) is 0 Å². The van der Waals surface area contributed by atoms with Crippen LogP contribution in [0.5, 0.6) is 0 Å². The van der Waals surface area contributed by atoms with Gasteiger partial charge in [0.05, 0.1) is 0 Å². The molecule has 0 spiro atoms. The number of hydrogen-bond donors (Lipinski definition) is 3. The standard InChI is InChI=1S/C5H4F3Ge.3C3H8O.Zr/c6-9(7,8)5-3-1-2-4-5;3*1-2-3-4;/h1-4H;3*4H,2-3H2,1H3;/q-1;;;;. The van der Waals surface area contributed by atoms with E-state index in [0.29, 0.717) is 19.8 Å². The Labute approximate surface area is 154 Å². The van der Waals surface area contributed by atoms with Crippen LogP contribution in [0.1, 0.15) is 40.0 Å². The Kier molecular flexibility index (Phi) is 32.7. The molecule has 0 heterocycles. The minimum absolute atomic E-state index is 0. The normalized spacial score (nSPS) is 8.95. The number of rotatable bonds is 4. The van der Waals surface area contributed by atoms with E-state index < -0.39 is 19.1 Å². The molecule has 0 saturated heterocycles. The predicted octanol–water partition coefficient (Wildman–Crippen LogP) is 2.62. The van der Waals surface area contributed by atoms with Crippen LogP contribution in [0.4, 0.5) is 10.5 Å². The zero-order valence-corrected chi connectivity index (χ0v) is 18.1. The SMILES string of the molecule is CCCO.CCCO.CCCO.[F][Ge]([F])([F])[c-]1cccc1.[Zr]. The van der Waals surface area contributed by atoms with Crippen LogP contribution in [0.2, 0.25) is 0 Å². The zero-order chi connectivity index (χ0) is 17.1. The van der Waals surface area contributed by atoms with Gasteiger partial charge in [-0.25, -0.2) is 0 Å². The van der Waals surface area contributed by atoms with Crippen LogP contribution in [0.25, 0.3) is 0 Å². The van der Waals surface area contributed by atoms with Crippen LogP contribution in [0.3, 0.4) is 0 Å². The quantitative estimate of drug-likeness (QED) is 0.474. The Morgan fingerprint density at radius 3 is 1.09 bits per heavy atom. The molecule has 0 bridgehead atoms. The second-order valence-electron chi connectivity index (χ2n) is 3.84. The maximum absolute atomic E-state index is 11.8.